The Bertz CT molecular complexity index is 1180. The highest BCUT2D eigenvalue weighted by atomic mass is 16.6. The van der Waals surface area contributed by atoms with Gasteiger partial charge in [0.2, 0.25) is 5.91 Å². The lowest BCUT2D eigenvalue weighted by Crippen LogP contribution is -2.37. The zero-order valence-electron chi connectivity index (χ0n) is 22.5. The molecule has 2 amide bonds. The number of carbonyl (C=O) groups excluding carboxylic acids is 2. The summed E-state index contributed by atoms with van der Waals surface area (Å²) in [5, 5.41) is 25.3. The molecule has 1 aliphatic heterocycles. The molecule has 0 bridgehead atoms. The van der Waals surface area contributed by atoms with Gasteiger partial charge in [-0.05, 0) is 64.0 Å². The summed E-state index contributed by atoms with van der Waals surface area (Å²) in [7, 11) is 0. The van der Waals surface area contributed by atoms with E-state index in [9.17, 15) is 24.6 Å². The predicted molar refractivity (Wildman–Crippen MR) is 147 cm³/mol. The molecular weight excluding hydrogens is 486 g/mol. The summed E-state index contributed by atoms with van der Waals surface area (Å²) in [5.74, 6) is -1.98. The van der Waals surface area contributed by atoms with Crippen LogP contribution in [0, 0.1) is 5.92 Å². The SMILES string of the molecule is CC(C)(O)CN1CC(C(=O)O)C(c2ccc(C=CC(=O)Nc3ccccc3NC(=O)OC(C)(C)C)cc2)C1. The summed E-state index contributed by atoms with van der Waals surface area (Å²) in [4.78, 5) is 38.5. The van der Waals surface area contributed by atoms with Crippen molar-refractivity contribution in [3.8, 4) is 0 Å². The van der Waals surface area contributed by atoms with E-state index in [0.29, 0.717) is 31.0 Å². The first kappa shape index (κ1) is 28.9. The lowest BCUT2D eigenvalue weighted by atomic mass is 9.88. The Labute approximate surface area is 223 Å². The van der Waals surface area contributed by atoms with Crippen molar-refractivity contribution in [1.82, 2.24) is 4.90 Å². The van der Waals surface area contributed by atoms with E-state index < -0.39 is 29.2 Å². The van der Waals surface area contributed by atoms with E-state index in [-0.39, 0.29) is 11.8 Å². The van der Waals surface area contributed by atoms with Crippen LogP contribution in [0.15, 0.2) is 54.6 Å². The molecule has 4 N–H and O–H groups in total. The van der Waals surface area contributed by atoms with E-state index in [2.05, 4.69) is 10.6 Å². The molecule has 3 rings (SSSR count). The number of anilines is 2. The fourth-order valence-corrected chi connectivity index (χ4v) is 4.46. The standard InChI is InChI=1S/C29H37N3O6/c1-28(2,3)38-27(36)31-24-9-7-6-8-23(24)30-25(33)15-12-19-10-13-20(14-11-19)21-16-32(18-29(4,5)37)17-22(21)26(34)35/h6-15,21-22,37H,16-18H2,1-5H3,(H,30,33)(H,31,36)(H,34,35). The summed E-state index contributed by atoms with van der Waals surface area (Å²) < 4.78 is 5.28. The fourth-order valence-electron chi connectivity index (χ4n) is 4.46. The first-order chi connectivity index (χ1) is 17.7. The van der Waals surface area contributed by atoms with Gasteiger partial charge in [0.1, 0.15) is 5.60 Å². The molecular formula is C29H37N3O6. The van der Waals surface area contributed by atoms with Gasteiger partial charge in [-0.15, -0.1) is 0 Å². The number of nitrogens with one attached hydrogen (secondary N) is 2. The Kier molecular flexibility index (Phi) is 8.96. The van der Waals surface area contributed by atoms with Crippen molar-refractivity contribution >= 4 is 35.4 Å². The number of amides is 2. The van der Waals surface area contributed by atoms with E-state index in [1.807, 2.05) is 29.2 Å². The third-order valence-electron chi connectivity index (χ3n) is 5.94. The molecule has 0 saturated carbocycles. The summed E-state index contributed by atoms with van der Waals surface area (Å²) in [6.07, 6.45) is 2.43. The number of carbonyl (C=O) groups is 3. The Morgan fingerprint density at radius 3 is 2.13 bits per heavy atom. The second-order valence-corrected chi connectivity index (χ2v) is 11.2. The van der Waals surface area contributed by atoms with Crippen LogP contribution < -0.4 is 10.6 Å². The van der Waals surface area contributed by atoms with Gasteiger partial charge in [-0.1, -0.05) is 36.4 Å². The van der Waals surface area contributed by atoms with Crippen LogP contribution in [0.3, 0.4) is 0 Å². The van der Waals surface area contributed by atoms with E-state index in [1.165, 1.54) is 6.08 Å². The Morgan fingerprint density at radius 1 is 0.974 bits per heavy atom. The lowest BCUT2D eigenvalue weighted by Gasteiger charge is -2.25. The summed E-state index contributed by atoms with van der Waals surface area (Å²) in [6, 6.07) is 14.3. The number of carboxylic acid groups (broad SMARTS) is 1. The van der Waals surface area contributed by atoms with Gasteiger partial charge in [0.05, 0.1) is 22.9 Å². The molecule has 1 aliphatic rings. The molecule has 2 unspecified atom stereocenters. The topological polar surface area (TPSA) is 128 Å². The average Bonchev–Trinajstić information content (AvgIpc) is 3.20. The number of rotatable bonds is 8. The number of aliphatic carboxylic acids is 1. The minimum Gasteiger partial charge on any atom is -0.481 e. The van der Waals surface area contributed by atoms with Crippen LogP contribution in [0.2, 0.25) is 0 Å². The molecule has 204 valence electrons. The van der Waals surface area contributed by atoms with E-state index in [0.717, 1.165) is 11.1 Å². The number of benzene rings is 2. The Hall–Kier alpha value is -3.69. The van der Waals surface area contributed by atoms with E-state index in [4.69, 9.17) is 4.74 Å². The largest absolute Gasteiger partial charge is 0.481 e. The van der Waals surface area contributed by atoms with Gasteiger partial charge in [-0.3, -0.25) is 19.8 Å². The molecule has 2 atom stereocenters. The van der Waals surface area contributed by atoms with Crippen molar-refractivity contribution < 1.29 is 29.3 Å². The minimum absolute atomic E-state index is 0.190. The van der Waals surface area contributed by atoms with Gasteiger partial charge in [0.15, 0.2) is 0 Å². The monoisotopic (exact) mass is 523 g/mol. The molecule has 0 spiro atoms. The average molecular weight is 524 g/mol. The van der Waals surface area contributed by atoms with Gasteiger partial charge in [-0.25, -0.2) is 4.79 Å². The maximum absolute atomic E-state index is 12.6. The highest BCUT2D eigenvalue weighted by Gasteiger charge is 2.39. The first-order valence-electron chi connectivity index (χ1n) is 12.6. The Balaban J connectivity index is 1.64. The molecule has 0 aromatic heterocycles. The van der Waals surface area contributed by atoms with Crippen molar-refractivity contribution in [2.75, 3.05) is 30.3 Å². The molecule has 38 heavy (non-hydrogen) atoms. The highest BCUT2D eigenvalue weighted by Crippen LogP contribution is 2.34. The van der Waals surface area contributed by atoms with Gasteiger partial charge in [-0.2, -0.15) is 0 Å². The predicted octanol–water partition coefficient (Wildman–Crippen LogP) is 4.56. The summed E-state index contributed by atoms with van der Waals surface area (Å²) in [6.45, 7) is 10.1. The van der Waals surface area contributed by atoms with Gasteiger partial charge < -0.3 is 20.3 Å². The normalized spacial score (nSPS) is 18.4. The molecule has 2 aromatic rings. The smallest absolute Gasteiger partial charge is 0.412 e. The van der Waals surface area contributed by atoms with Crippen molar-refractivity contribution in [3.63, 3.8) is 0 Å². The highest BCUT2D eigenvalue weighted by molar-refractivity contribution is 6.05. The zero-order valence-corrected chi connectivity index (χ0v) is 22.5. The fraction of sp³-hybridized carbons (Fsp3) is 0.414. The number of para-hydroxylation sites is 2. The Morgan fingerprint density at radius 2 is 1.58 bits per heavy atom. The number of ether oxygens (including phenoxy) is 1. The summed E-state index contributed by atoms with van der Waals surface area (Å²) in [5.41, 5.74) is 0.972. The number of nitrogens with zero attached hydrogens (tertiary/aromatic N) is 1. The minimum atomic E-state index is -0.903. The van der Waals surface area contributed by atoms with Gasteiger partial charge in [0, 0.05) is 31.6 Å². The maximum Gasteiger partial charge on any atom is 0.412 e. The van der Waals surface area contributed by atoms with Crippen molar-refractivity contribution in [3.05, 3.63) is 65.7 Å². The molecule has 9 heteroatoms. The lowest BCUT2D eigenvalue weighted by molar-refractivity contribution is -0.141. The number of likely N-dealkylation sites (tertiary alicyclic amines) is 1. The van der Waals surface area contributed by atoms with Crippen LogP contribution in [-0.4, -0.2) is 63.9 Å². The molecule has 2 aromatic carbocycles. The van der Waals surface area contributed by atoms with Gasteiger partial charge >= 0.3 is 12.1 Å². The maximum atomic E-state index is 12.6. The molecule has 1 fully saturated rings. The second-order valence-electron chi connectivity index (χ2n) is 11.2. The quantitative estimate of drug-likeness (QED) is 0.374. The second kappa shape index (κ2) is 11.8. The van der Waals surface area contributed by atoms with Crippen LogP contribution >= 0.6 is 0 Å². The van der Waals surface area contributed by atoms with Crippen LogP contribution in [0.4, 0.5) is 16.2 Å². The van der Waals surface area contributed by atoms with Crippen LogP contribution in [0.5, 0.6) is 0 Å². The zero-order chi connectivity index (χ0) is 28.1. The third kappa shape index (κ3) is 8.71. The summed E-state index contributed by atoms with van der Waals surface area (Å²) >= 11 is 0. The number of carboxylic acids is 1. The first-order valence-corrected chi connectivity index (χ1v) is 12.6. The molecule has 1 saturated heterocycles. The molecule has 0 radical (unpaired) electrons. The molecule has 0 aliphatic carbocycles. The van der Waals surface area contributed by atoms with Gasteiger partial charge in [0.25, 0.3) is 0 Å². The third-order valence-corrected chi connectivity index (χ3v) is 5.94. The van der Waals surface area contributed by atoms with Crippen molar-refractivity contribution in [2.24, 2.45) is 5.92 Å². The van der Waals surface area contributed by atoms with Crippen LogP contribution in [0.1, 0.15) is 51.7 Å². The number of β-amino-alcohol motifs (C(OH)–C–C–N with tert-alkyl or cyclic N) is 1. The van der Waals surface area contributed by atoms with Crippen LogP contribution in [-0.2, 0) is 14.3 Å². The number of hydrogen-bond acceptors (Lipinski definition) is 6. The molecule has 1 heterocycles. The molecule has 9 nitrogen and oxygen atoms in total. The van der Waals surface area contributed by atoms with E-state index >= 15 is 0 Å². The van der Waals surface area contributed by atoms with E-state index in [1.54, 1.807) is 65.0 Å². The number of hydrogen-bond donors (Lipinski definition) is 4. The van der Waals surface area contributed by atoms with Crippen molar-refractivity contribution in [2.45, 2.75) is 51.7 Å². The van der Waals surface area contributed by atoms with Crippen molar-refractivity contribution in [1.29, 1.82) is 0 Å². The number of aliphatic hydroxyl groups is 1. The van der Waals surface area contributed by atoms with Crippen LogP contribution in [0.25, 0.3) is 6.08 Å².